The van der Waals surface area contributed by atoms with Crippen molar-refractivity contribution in [2.75, 3.05) is 6.61 Å². The number of epoxide rings is 1. The molecule has 1 aliphatic rings. The SMILES string of the molecule is O/N=C1\CO1. The first-order chi connectivity index (χ1) is 2.43. The van der Waals surface area contributed by atoms with E-state index in [1.54, 1.807) is 0 Å². The Morgan fingerprint density at radius 1 is 2.00 bits per heavy atom. The van der Waals surface area contributed by atoms with E-state index in [-0.39, 0.29) is 0 Å². The standard InChI is InChI=1S/C2H3NO2/c4-3-2-1-5-2/h4H,1H2/b3-2+. The van der Waals surface area contributed by atoms with Crippen LogP contribution in [0.2, 0.25) is 0 Å². The van der Waals surface area contributed by atoms with E-state index in [4.69, 9.17) is 5.21 Å². The predicted octanol–water partition coefficient (Wildman–Crippen LogP) is -0.196. The lowest BCUT2D eigenvalue weighted by Gasteiger charge is -1.53. The second-order valence-electron chi connectivity index (χ2n) is 0.782. The fourth-order valence-corrected chi connectivity index (χ4v) is 0.0900. The molecular weight excluding hydrogens is 70.0 g/mol. The minimum Gasteiger partial charge on any atom is -0.466 e. The van der Waals surface area contributed by atoms with Gasteiger partial charge in [-0.25, -0.2) is 0 Å². The van der Waals surface area contributed by atoms with Crippen molar-refractivity contribution in [3.63, 3.8) is 0 Å². The Labute approximate surface area is 28.9 Å². The molecule has 0 spiro atoms. The van der Waals surface area contributed by atoms with E-state index in [2.05, 4.69) is 9.89 Å². The Bertz CT molecular complexity index is 62.0. The van der Waals surface area contributed by atoms with Crippen molar-refractivity contribution in [1.29, 1.82) is 0 Å². The van der Waals surface area contributed by atoms with Gasteiger partial charge in [-0.2, -0.15) is 0 Å². The van der Waals surface area contributed by atoms with Crippen LogP contribution in [0, 0.1) is 0 Å². The van der Waals surface area contributed by atoms with Gasteiger partial charge in [0, 0.05) is 0 Å². The molecule has 0 amide bonds. The van der Waals surface area contributed by atoms with Gasteiger partial charge in [0.05, 0.1) is 0 Å². The zero-order valence-corrected chi connectivity index (χ0v) is 2.51. The molecule has 0 radical (unpaired) electrons. The average Bonchev–Trinajstić information content (AvgIpc) is 2.12. The summed E-state index contributed by atoms with van der Waals surface area (Å²) in [5.41, 5.74) is 0. The third kappa shape index (κ3) is 0.289. The van der Waals surface area contributed by atoms with E-state index >= 15 is 0 Å². The molecule has 1 saturated heterocycles. The van der Waals surface area contributed by atoms with Crippen LogP contribution in [0.4, 0.5) is 0 Å². The monoisotopic (exact) mass is 73.0 g/mol. The Morgan fingerprint density at radius 3 is 2.60 bits per heavy atom. The maximum atomic E-state index is 7.67. The second kappa shape index (κ2) is 0.607. The molecule has 5 heavy (non-hydrogen) atoms. The summed E-state index contributed by atoms with van der Waals surface area (Å²) in [7, 11) is 0. The molecule has 1 rings (SSSR count). The van der Waals surface area contributed by atoms with Crippen LogP contribution >= 0.6 is 0 Å². The van der Waals surface area contributed by atoms with Gasteiger partial charge in [0.25, 0.3) is 5.90 Å². The van der Waals surface area contributed by atoms with E-state index in [0.29, 0.717) is 12.5 Å². The van der Waals surface area contributed by atoms with Crippen molar-refractivity contribution in [2.45, 2.75) is 0 Å². The normalized spacial score (nSPS) is 26.0. The van der Waals surface area contributed by atoms with Gasteiger partial charge in [0.2, 0.25) is 0 Å². The number of hydrogen-bond donors (Lipinski definition) is 1. The molecule has 0 bridgehead atoms. The first kappa shape index (κ1) is 2.50. The Balaban J connectivity index is 2.46. The molecule has 0 atom stereocenters. The molecule has 3 heteroatoms. The molecule has 28 valence electrons. The summed E-state index contributed by atoms with van der Waals surface area (Å²) in [6, 6.07) is 0. The van der Waals surface area contributed by atoms with Gasteiger partial charge in [-0.15, -0.1) is 0 Å². The van der Waals surface area contributed by atoms with Gasteiger partial charge < -0.3 is 9.94 Å². The van der Waals surface area contributed by atoms with Gasteiger partial charge in [0.15, 0.2) is 6.61 Å². The summed E-state index contributed by atoms with van der Waals surface area (Å²) < 4.78 is 4.36. The highest BCUT2D eigenvalue weighted by atomic mass is 16.6. The number of hydrogen-bond acceptors (Lipinski definition) is 3. The van der Waals surface area contributed by atoms with Crippen LogP contribution < -0.4 is 0 Å². The number of nitrogens with zero attached hydrogens (tertiary/aromatic N) is 1. The fourth-order valence-electron chi connectivity index (χ4n) is 0.0900. The molecule has 3 nitrogen and oxygen atoms in total. The molecule has 1 aliphatic heterocycles. The van der Waals surface area contributed by atoms with Crippen molar-refractivity contribution in [1.82, 2.24) is 0 Å². The third-order valence-electron chi connectivity index (χ3n) is 0.385. The van der Waals surface area contributed by atoms with E-state index in [0.717, 1.165) is 0 Å². The van der Waals surface area contributed by atoms with Crippen molar-refractivity contribution in [3.8, 4) is 0 Å². The first-order valence-corrected chi connectivity index (χ1v) is 1.27. The predicted molar refractivity (Wildman–Crippen MR) is 15.2 cm³/mol. The lowest BCUT2D eigenvalue weighted by Crippen LogP contribution is -1.59. The van der Waals surface area contributed by atoms with Gasteiger partial charge in [-0.05, 0) is 0 Å². The van der Waals surface area contributed by atoms with Crippen molar-refractivity contribution >= 4 is 5.90 Å². The molecule has 1 fully saturated rings. The van der Waals surface area contributed by atoms with E-state index in [9.17, 15) is 0 Å². The van der Waals surface area contributed by atoms with Crippen molar-refractivity contribution in [2.24, 2.45) is 5.16 Å². The van der Waals surface area contributed by atoms with Crippen LogP contribution in [0.25, 0.3) is 0 Å². The molecular formula is C2H3NO2. The summed E-state index contributed by atoms with van der Waals surface area (Å²) in [4.78, 5) is 0. The third-order valence-corrected chi connectivity index (χ3v) is 0.385. The summed E-state index contributed by atoms with van der Waals surface area (Å²) in [5.74, 6) is 0.435. The van der Waals surface area contributed by atoms with Crippen LogP contribution in [0.15, 0.2) is 5.16 Å². The van der Waals surface area contributed by atoms with Crippen LogP contribution in [-0.4, -0.2) is 17.7 Å². The van der Waals surface area contributed by atoms with E-state index < -0.39 is 0 Å². The van der Waals surface area contributed by atoms with Crippen LogP contribution in [0.3, 0.4) is 0 Å². The quantitative estimate of drug-likeness (QED) is 0.245. The van der Waals surface area contributed by atoms with Gasteiger partial charge in [0.1, 0.15) is 0 Å². The Kier molecular flexibility index (Phi) is 0.304. The summed E-state index contributed by atoms with van der Waals surface area (Å²) in [5, 5.41) is 10.4. The zero-order valence-electron chi connectivity index (χ0n) is 2.51. The fraction of sp³-hybridized carbons (Fsp3) is 0.500. The Morgan fingerprint density at radius 2 is 2.60 bits per heavy atom. The summed E-state index contributed by atoms with van der Waals surface area (Å²) >= 11 is 0. The van der Waals surface area contributed by atoms with Gasteiger partial charge in [-0.3, -0.25) is 0 Å². The summed E-state index contributed by atoms with van der Waals surface area (Å²) in [6.45, 7) is 0.510. The number of rotatable bonds is 0. The largest absolute Gasteiger partial charge is 0.466 e. The van der Waals surface area contributed by atoms with Gasteiger partial charge in [-0.1, -0.05) is 5.16 Å². The Hall–Kier alpha value is -0.730. The number of oxime groups is 1. The molecule has 1 N–H and O–H groups in total. The topological polar surface area (TPSA) is 45.1 Å². The smallest absolute Gasteiger partial charge is 0.264 e. The lowest BCUT2D eigenvalue weighted by molar-refractivity contribution is 0.314. The maximum absolute atomic E-state index is 7.67. The zero-order chi connectivity index (χ0) is 3.70. The second-order valence-corrected chi connectivity index (χ2v) is 0.782. The molecule has 1 heterocycles. The molecule has 0 aromatic rings. The highest BCUT2D eigenvalue weighted by Gasteiger charge is 2.14. The van der Waals surface area contributed by atoms with Crippen molar-refractivity contribution < 1.29 is 9.94 Å². The molecule has 0 aromatic carbocycles. The van der Waals surface area contributed by atoms with Crippen LogP contribution in [-0.2, 0) is 4.74 Å². The average molecular weight is 73.1 g/mol. The van der Waals surface area contributed by atoms with Crippen molar-refractivity contribution in [3.05, 3.63) is 0 Å². The van der Waals surface area contributed by atoms with Crippen LogP contribution in [0.1, 0.15) is 0 Å². The molecule has 0 aliphatic carbocycles. The first-order valence-electron chi connectivity index (χ1n) is 1.27. The molecule has 0 aromatic heterocycles. The van der Waals surface area contributed by atoms with Gasteiger partial charge >= 0.3 is 0 Å². The molecule has 0 unspecified atom stereocenters. The number of ether oxygens (including phenoxy) is 1. The highest BCUT2D eigenvalue weighted by molar-refractivity contribution is 5.87. The summed E-state index contributed by atoms with van der Waals surface area (Å²) in [6.07, 6.45) is 0. The van der Waals surface area contributed by atoms with Crippen LogP contribution in [0.5, 0.6) is 0 Å². The maximum Gasteiger partial charge on any atom is 0.264 e. The lowest BCUT2D eigenvalue weighted by atomic mass is 10.9. The molecule has 0 saturated carbocycles. The minimum absolute atomic E-state index is 0.435. The highest BCUT2D eigenvalue weighted by Crippen LogP contribution is 1.95. The van der Waals surface area contributed by atoms with E-state index in [1.165, 1.54) is 0 Å². The minimum atomic E-state index is 0.435. The van der Waals surface area contributed by atoms with E-state index in [1.807, 2.05) is 0 Å².